The van der Waals surface area contributed by atoms with Crippen LogP contribution >= 0.6 is 11.3 Å². The van der Waals surface area contributed by atoms with Gasteiger partial charge in [-0.3, -0.25) is 4.79 Å². The molecule has 1 aliphatic carbocycles. The van der Waals surface area contributed by atoms with E-state index in [0.717, 1.165) is 33.6 Å². The van der Waals surface area contributed by atoms with Crippen LogP contribution in [0.4, 0.5) is 0 Å². The van der Waals surface area contributed by atoms with Gasteiger partial charge >= 0.3 is 0 Å². The molecule has 0 radical (unpaired) electrons. The molecule has 0 saturated heterocycles. The van der Waals surface area contributed by atoms with Crippen molar-refractivity contribution in [1.29, 1.82) is 0 Å². The molecule has 3 rings (SSSR count). The smallest absolute Gasteiger partial charge is 0.168 e. The predicted octanol–water partition coefficient (Wildman–Crippen LogP) is 3.20. The molecule has 3 heteroatoms. The Kier molecular flexibility index (Phi) is 1.89. The lowest BCUT2D eigenvalue weighted by Gasteiger charge is -1.98. The summed E-state index contributed by atoms with van der Waals surface area (Å²) >= 11 is 1.65. The molecule has 0 unspecified atom stereocenters. The molecule has 0 spiro atoms. The minimum atomic E-state index is 0.276. The standard InChI is InChI=1S/C12H11NOS/c1-7-13-11-9(12(14)8-5-6-8)3-2-4-10(11)15-7/h2-4,8H,5-6H2,1H3. The van der Waals surface area contributed by atoms with E-state index in [9.17, 15) is 4.79 Å². The number of Topliss-reactive ketones (excluding diaryl/α,β-unsaturated/α-hetero) is 1. The Hall–Kier alpha value is -1.22. The maximum Gasteiger partial charge on any atom is 0.168 e. The molecule has 2 aromatic rings. The summed E-state index contributed by atoms with van der Waals surface area (Å²) in [6, 6.07) is 5.89. The molecule has 0 atom stereocenters. The highest BCUT2D eigenvalue weighted by Crippen LogP contribution is 2.35. The molecular formula is C12H11NOS. The first-order chi connectivity index (χ1) is 7.25. The van der Waals surface area contributed by atoms with Crippen LogP contribution in [0.1, 0.15) is 28.2 Å². The lowest BCUT2D eigenvalue weighted by atomic mass is 10.1. The number of benzene rings is 1. The Morgan fingerprint density at radius 1 is 1.47 bits per heavy atom. The fraction of sp³-hybridized carbons (Fsp3) is 0.333. The topological polar surface area (TPSA) is 30.0 Å². The average Bonchev–Trinajstić information content (AvgIpc) is 2.98. The van der Waals surface area contributed by atoms with Gasteiger partial charge in [0.2, 0.25) is 0 Å². The van der Waals surface area contributed by atoms with E-state index in [2.05, 4.69) is 4.98 Å². The molecule has 1 aromatic heterocycles. The van der Waals surface area contributed by atoms with Crippen molar-refractivity contribution in [2.45, 2.75) is 19.8 Å². The van der Waals surface area contributed by atoms with Crippen LogP contribution in [-0.4, -0.2) is 10.8 Å². The van der Waals surface area contributed by atoms with Crippen molar-refractivity contribution in [1.82, 2.24) is 4.98 Å². The minimum absolute atomic E-state index is 0.276. The van der Waals surface area contributed by atoms with Crippen molar-refractivity contribution in [3.8, 4) is 0 Å². The molecule has 0 N–H and O–H groups in total. The number of nitrogens with zero attached hydrogens (tertiary/aromatic N) is 1. The van der Waals surface area contributed by atoms with Gasteiger partial charge in [-0.1, -0.05) is 6.07 Å². The molecule has 1 fully saturated rings. The van der Waals surface area contributed by atoms with Crippen molar-refractivity contribution in [3.63, 3.8) is 0 Å². The van der Waals surface area contributed by atoms with E-state index in [-0.39, 0.29) is 11.7 Å². The van der Waals surface area contributed by atoms with E-state index < -0.39 is 0 Å². The minimum Gasteiger partial charge on any atom is -0.294 e. The molecule has 0 bridgehead atoms. The van der Waals surface area contributed by atoms with Crippen LogP contribution in [0.3, 0.4) is 0 Å². The van der Waals surface area contributed by atoms with E-state index in [4.69, 9.17) is 0 Å². The van der Waals surface area contributed by atoms with Gasteiger partial charge in [-0.2, -0.15) is 0 Å². The van der Waals surface area contributed by atoms with Gasteiger partial charge in [-0.15, -0.1) is 11.3 Å². The monoisotopic (exact) mass is 217 g/mol. The second-order valence-corrected chi connectivity index (χ2v) is 5.26. The van der Waals surface area contributed by atoms with Gasteiger partial charge < -0.3 is 0 Å². The van der Waals surface area contributed by atoms with Crippen molar-refractivity contribution in [3.05, 3.63) is 28.8 Å². The van der Waals surface area contributed by atoms with Crippen molar-refractivity contribution >= 4 is 27.3 Å². The predicted molar refractivity (Wildman–Crippen MR) is 61.4 cm³/mol. The quantitative estimate of drug-likeness (QED) is 0.723. The van der Waals surface area contributed by atoms with Gasteiger partial charge in [0.15, 0.2) is 5.78 Å². The number of carbonyl (C=O) groups is 1. The SMILES string of the molecule is Cc1nc2c(C(=O)C3CC3)cccc2s1. The van der Waals surface area contributed by atoms with Crippen molar-refractivity contribution < 1.29 is 4.79 Å². The molecule has 1 heterocycles. The molecule has 1 aromatic carbocycles. The highest BCUT2D eigenvalue weighted by atomic mass is 32.1. The van der Waals surface area contributed by atoms with E-state index in [0.29, 0.717) is 0 Å². The second-order valence-electron chi connectivity index (χ2n) is 4.02. The third-order valence-corrected chi connectivity index (χ3v) is 3.68. The number of hydrogen-bond donors (Lipinski definition) is 0. The summed E-state index contributed by atoms with van der Waals surface area (Å²) < 4.78 is 1.12. The number of para-hydroxylation sites is 1. The fourth-order valence-electron chi connectivity index (χ4n) is 1.82. The van der Waals surface area contributed by atoms with Gasteiger partial charge in [0.1, 0.15) is 0 Å². The first-order valence-electron chi connectivity index (χ1n) is 5.16. The van der Waals surface area contributed by atoms with E-state index in [1.165, 1.54) is 0 Å². The number of rotatable bonds is 2. The fourth-order valence-corrected chi connectivity index (χ4v) is 2.68. The van der Waals surface area contributed by atoms with E-state index in [1.807, 2.05) is 25.1 Å². The first kappa shape index (κ1) is 9.04. The van der Waals surface area contributed by atoms with Crippen LogP contribution in [0, 0.1) is 12.8 Å². The highest BCUT2D eigenvalue weighted by molar-refractivity contribution is 7.18. The number of carbonyl (C=O) groups excluding carboxylic acids is 1. The molecular weight excluding hydrogens is 206 g/mol. The maximum atomic E-state index is 12.0. The zero-order valence-corrected chi connectivity index (χ0v) is 9.30. The van der Waals surface area contributed by atoms with Gasteiger partial charge in [-0.25, -0.2) is 4.98 Å². The Balaban J connectivity index is 2.20. The lowest BCUT2D eigenvalue weighted by Crippen LogP contribution is -2.01. The number of ketones is 1. The van der Waals surface area contributed by atoms with Gasteiger partial charge in [0, 0.05) is 11.5 Å². The van der Waals surface area contributed by atoms with Gasteiger partial charge in [0.25, 0.3) is 0 Å². The summed E-state index contributed by atoms with van der Waals surface area (Å²) in [6.07, 6.45) is 2.11. The molecule has 1 aliphatic rings. The first-order valence-corrected chi connectivity index (χ1v) is 5.98. The largest absolute Gasteiger partial charge is 0.294 e. The Morgan fingerprint density at radius 3 is 3.00 bits per heavy atom. The maximum absolute atomic E-state index is 12.0. The van der Waals surface area contributed by atoms with E-state index >= 15 is 0 Å². The Labute approximate surface area is 92.0 Å². The van der Waals surface area contributed by atoms with Crippen molar-refractivity contribution in [2.24, 2.45) is 5.92 Å². The molecule has 76 valence electrons. The van der Waals surface area contributed by atoms with Crippen LogP contribution in [0.2, 0.25) is 0 Å². The molecule has 1 saturated carbocycles. The number of thiazole rings is 1. The Morgan fingerprint density at radius 2 is 2.27 bits per heavy atom. The summed E-state index contributed by atoms with van der Waals surface area (Å²) in [5.74, 6) is 0.559. The zero-order valence-electron chi connectivity index (χ0n) is 8.49. The van der Waals surface area contributed by atoms with Crippen LogP contribution in [0.15, 0.2) is 18.2 Å². The summed E-state index contributed by atoms with van der Waals surface area (Å²) in [6.45, 7) is 1.98. The highest BCUT2D eigenvalue weighted by Gasteiger charge is 2.31. The van der Waals surface area contributed by atoms with Crippen LogP contribution < -0.4 is 0 Å². The van der Waals surface area contributed by atoms with Crippen LogP contribution in [0.5, 0.6) is 0 Å². The van der Waals surface area contributed by atoms with Crippen LogP contribution in [-0.2, 0) is 0 Å². The molecule has 15 heavy (non-hydrogen) atoms. The number of fused-ring (bicyclic) bond motifs is 1. The average molecular weight is 217 g/mol. The van der Waals surface area contributed by atoms with E-state index in [1.54, 1.807) is 11.3 Å². The normalized spacial score (nSPS) is 15.8. The van der Waals surface area contributed by atoms with Gasteiger partial charge in [-0.05, 0) is 31.9 Å². The lowest BCUT2D eigenvalue weighted by molar-refractivity contribution is 0.0969. The number of hydrogen-bond acceptors (Lipinski definition) is 3. The molecule has 0 amide bonds. The van der Waals surface area contributed by atoms with Gasteiger partial charge in [0.05, 0.1) is 15.2 Å². The summed E-state index contributed by atoms with van der Waals surface area (Å²) in [4.78, 5) is 16.4. The van der Waals surface area contributed by atoms with Crippen molar-refractivity contribution in [2.75, 3.05) is 0 Å². The zero-order chi connectivity index (χ0) is 10.4. The Bertz CT molecular complexity index is 540. The summed E-state index contributed by atoms with van der Waals surface area (Å²) in [5, 5.41) is 1.03. The summed E-state index contributed by atoms with van der Waals surface area (Å²) in [5.41, 5.74) is 1.72. The third kappa shape index (κ3) is 1.47. The number of aromatic nitrogens is 1. The van der Waals surface area contributed by atoms with Crippen LogP contribution in [0.25, 0.3) is 10.2 Å². The third-order valence-electron chi connectivity index (χ3n) is 2.74. The summed E-state index contributed by atoms with van der Waals surface area (Å²) in [7, 11) is 0. The second kappa shape index (κ2) is 3.14. The molecule has 2 nitrogen and oxygen atoms in total. The number of aryl methyl sites for hydroxylation is 1. The molecule has 0 aliphatic heterocycles.